The first-order valence-corrected chi connectivity index (χ1v) is 8.35. The highest BCUT2D eigenvalue weighted by Crippen LogP contribution is 2.30. The lowest BCUT2D eigenvalue weighted by Gasteiger charge is -2.36. The maximum absolute atomic E-state index is 12.5. The van der Waals surface area contributed by atoms with Gasteiger partial charge in [-0.2, -0.15) is 4.31 Å². The number of nitrogens with zero attached hydrogens (tertiary/aromatic N) is 2. The Balaban J connectivity index is 2.29. The average Bonchev–Trinajstić information content (AvgIpc) is 2.76. The Labute approximate surface area is 112 Å². The highest BCUT2D eigenvalue weighted by Gasteiger charge is 2.35. The Morgan fingerprint density at radius 1 is 1.61 bits per heavy atom. The van der Waals surface area contributed by atoms with Crippen LogP contribution >= 0.6 is 11.3 Å². The number of hydrogen-bond donors (Lipinski definition) is 1. The number of sulfonamides is 1. The average molecular weight is 289 g/mol. The molecule has 0 spiro atoms. The SMILES string of the molecule is Cc1ncc(S(=O)(=O)N2CCC(C)CC2CN)s1. The second-order valence-corrected chi connectivity index (χ2v) is 8.19. The molecule has 1 saturated heterocycles. The van der Waals surface area contributed by atoms with Gasteiger partial charge in [0.25, 0.3) is 10.0 Å². The van der Waals surface area contributed by atoms with Gasteiger partial charge in [0.2, 0.25) is 0 Å². The lowest BCUT2D eigenvalue weighted by molar-refractivity contribution is 0.211. The van der Waals surface area contributed by atoms with E-state index in [4.69, 9.17) is 5.73 Å². The molecule has 2 heterocycles. The molecular formula is C11H19N3O2S2. The Kier molecular flexibility index (Phi) is 4.05. The summed E-state index contributed by atoms with van der Waals surface area (Å²) in [6.45, 7) is 4.88. The van der Waals surface area contributed by atoms with Crippen LogP contribution in [0.5, 0.6) is 0 Å². The largest absolute Gasteiger partial charge is 0.329 e. The molecule has 1 aromatic heterocycles. The molecule has 0 bridgehead atoms. The zero-order chi connectivity index (χ0) is 13.3. The van der Waals surface area contributed by atoms with Crippen LogP contribution in [-0.2, 0) is 10.0 Å². The smallest absolute Gasteiger partial charge is 0.254 e. The van der Waals surface area contributed by atoms with Gasteiger partial charge < -0.3 is 5.73 Å². The van der Waals surface area contributed by atoms with Gasteiger partial charge in [-0.1, -0.05) is 6.92 Å². The van der Waals surface area contributed by atoms with Gasteiger partial charge >= 0.3 is 0 Å². The van der Waals surface area contributed by atoms with E-state index in [2.05, 4.69) is 11.9 Å². The molecule has 7 heteroatoms. The molecule has 0 aliphatic carbocycles. The minimum absolute atomic E-state index is 0.0823. The number of hydrogen-bond acceptors (Lipinski definition) is 5. The van der Waals surface area contributed by atoms with Crippen LogP contribution < -0.4 is 5.73 Å². The van der Waals surface area contributed by atoms with E-state index in [1.54, 1.807) is 4.31 Å². The second kappa shape index (κ2) is 5.24. The van der Waals surface area contributed by atoms with E-state index in [0.717, 1.165) is 17.8 Å². The van der Waals surface area contributed by atoms with Gasteiger partial charge in [0, 0.05) is 19.1 Å². The normalized spacial score (nSPS) is 26.4. The zero-order valence-corrected chi connectivity index (χ0v) is 12.3. The van der Waals surface area contributed by atoms with Gasteiger partial charge in [-0.05, 0) is 25.7 Å². The standard InChI is InChI=1S/C11H19N3O2S2/c1-8-3-4-14(10(5-8)6-12)18(15,16)11-7-13-9(2)17-11/h7-8,10H,3-6,12H2,1-2H3. The van der Waals surface area contributed by atoms with E-state index >= 15 is 0 Å². The predicted molar refractivity (Wildman–Crippen MR) is 72.0 cm³/mol. The van der Waals surface area contributed by atoms with Gasteiger partial charge in [-0.25, -0.2) is 13.4 Å². The Morgan fingerprint density at radius 2 is 2.33 bits per heavy atom. The summed E-state index contributed by atoms with van der Waals surface area (Å²) >= 11 is 1.22. The molecular weight excluding hydrogens is 270 g/mol. The van der Waals surface area contributed by atoms with E-state index in [0.29, 0.717) is 23.2 Å². The van der Waals surface area contributed by atoms with Crippen LogP contribution in [0.15, 0.2) is 10.4 Å². The highest BCUT2D eigenvalue weighted by molar-refractivity contribution is 7.91. The first kappa shape index (κ1) is 13.9. The summed E-state index contributed by atoms with van der Waals surface area (Å²) in [7, 11) is -3.42. The molecule has 0 saturated carbocycles. The van der Waals surface area contributed by atoms with Crippen LogP contribution in [-0.4, -0.2) is 36.8 Å². The topological polar surface area (TPSA) is 76.3 Å². The molecule has 102 valence electrons. The monoisotopic (exact) mass is 289 g/mol. The van der Waals surface area contributed by atoms with Crippen molar-refractivity contribution in [1.82, 2.24) is 9.29 Å². The van der Waals surface area contributed by atoms with Crippen LogP contribution in [0, 0.1) is 12.8 Å². The Bertz CT molecular complexity index is 512. The molecule has 2 atom stereocenters. The van der Waals surface area contributed by atoms with Crippen molar-refractivity contribution in [3.63, 3.8) is 0 Å². The van der Waals surface area contributed by atoms with Gasteiger partial charge in [0.05, 0.1) is 11.2 Å². The van der Waals surface area contributed by atoms with Crippen molar-refractivity contribution in [2.24, 2.45) is 11.7 Å². The number of thiazole rings is 1. The third-order valence-electron chi connectivity index (χ3n) is 3.36. The Morgan fingerprint density at radius 3 is 2.89 bits per heavy atom. The second-order valence-electron chi connectivity index (χ2n) is 4.83. The molecule has 2 unspecified atom stereocenters. The predicted octanol–water partition coefficient (Wildman–Crippen LogP) is 1.20. The number of nitrogens with two attached hydrogens (primary N) is 1. The summed E-state index contributed by atoms with van der Waals surface area (Å²) in [6.07, 6.45) is 3.18. The summed E-state index contributed by atoms with van der Waals surface area (Å²) < 4.78 is 26.9. The number of rotatable bonds is 3. The first-order chi connectivity index (χ1) is 8.45. The molecule has 0 amide bonds. The van der Waals surface area contributed by atoms with Gasteiger partial charge in [-0.3, -0.25) is 0 Å². The molecule has 1 aliphatic rings. The minimum Gasteiger partial charge on any atom is -0.329 e. The zero-order valence-electron chi connectivity index (χ0n) is 10.7. The fourth-order valence-corrected chi connectivity index (χ4v) is 5.24. The Hall–Kier alpha value is -0.500. The third-order valence-corrected chi connectivity index (χ3v) is 6.66. The molecule has 18 heavy (non-hydrogen) atoms. The van der Waals surface area contributed by atoms with Crippen LogP contribution in [0.3, 0.4) is 0 Å². The van der Waals surface area contributed by atoms with Crippen LogP contribution in [0.1, 0.15) is 24.8 Å². The maximum atomic E-state index is 12.5. The lowest BCUT2D eigenvalue weighted by Crippen LogP contribution is -2.48. The molecule has 1 aromatic rings. The van der Waals surface area contributed by atoms with Crippen LogP contribution in [0.2, 0.25) is 0 Å². The van der Waals surface area contributed by atoms with Crippen molar-refractivity contribution in [2.45, 2.75) is 36.9 Å². The summed E-state index contributed by atoms with van der Waals surface area (Å²) in [5.74, 6) is 0.535. The van der Waals surface area contributed by atoms with Crippen LogP contribution in [0.25, 0.3) is 0 Å². The van der Waals surface area contributed by atoms with Crippen molar-refractivity contribution in [2.75, 3.05) is 13.1 Å². The van der Waals surface area contributed by atoms with Crippen molar-refractivity contribution in [3.8, 4) is 0 Å². The third kappa shape index (κ3) is 2.59. The number of aryl methyl sites for hydroxylation is 1. The number of aromatic nitrogens is 1. The van der Waals surface area contributed by atoms with E-state index in [1.165, 1.54) is 17.5 Å². The summed E-state index contributed by atoms with van der Waals surface area (Å²) in [5.41, 5.74) is 5.72. The van der Waals surface area contributed by atoms with Crippen molar-refractivity contribution in [3.05, 3.63) is 11.2 Å². The summed E-state index contributed by atoms with van der Waals surface area (Å²) in [4.78, 5) is 4.02. The van der Waals surface area contributed by atoms with Crippen molar-refractivity contribution < 1.29 is 8.42 Å². The molecule has 0 aromatic carbocycles. The van der Waals surface area contributed by atoms with E-state index in [1.807, 2.05) is 6.92 Å². The lowest BCUT2D eigenvalue weighted by atomic mass is 9.94. The first-order valence-electron chi connectivity index (χ1n) is 6.09. The molecule has 1 fully saturated rings. The summed E-state index contributed by atoms with van der Waals surface area (Å²) in [5, 5.41) is 0.767. The van der Waals surface area contributed by atoms with Gasteiger partial charge in [0.1, 0.15) is 0 Å². The van der Waals surface area contributed by atoms with Crippen LogP contribution in [0.4, 0.5) is 0 Å². The quantitative estimate of drug-likeness (QED) is 0.907. The van der Waals surface area contributed by atoms with Gasteiger partial charge in [-0.15, -0.1) is 11.3 Å². The van der Waals surface area contributed by atoms with E-state index in [-0.39, 0.29) is 6.04 Å². The van der Waals surface area contributed by atoms with E-state index in [9.17, 15) is 8.42 Å². The fourth-order valence-electron chi connectivity index (χ4n) is 2.34. The van der Waals surface area contributed by atoms with Crippen molar-refractivity contribution >= 4 is 21.4 Å². The molecule has 1 aliphatic heterocycles. The summed E-state index contributed by atoms with van der Waals surface area (Å²) in [6, 6.07) is -0.0823. The van der Waals surface area contributed by atoms with E-state index < -0.39 is 10.0 Å². The fraction of sp³-hybridized carbons (Fsp3) is 0.727. The maximum Gasteiger partial charge on any atom is 0.254 e. The number of piperidine rings is 1. The minimum atomic E-state index is -3.42. The molecule has 2 N–H and O–H groups in total. The van der Waals surface area contributed by atoms with Gasteiger partial charge in [0.15, 0.2) is 4.21 Å². The van der Waals surface area contributed by atoms with Crippen molar-refractivity contribution in [1.29, 1.82) is 0 Å². The highest BCUT2D eigenvalue weighted by atomic mass is 32.2. The molecule has 0 radical (unpaired) electrons. The molecule has 5 nitrogen and oxygen atoms in total. The molecule has 2 rings (SSSR count).